The maximum atomic E-state index is 13.4. The molecule has 5 nitrogen and oxygen atoms in total. The van der Waals surface area contributed by atoms with Gasteiger partial charge in [0.1, 0.15) is 11.6 Å². The molecule has 1 N–H and O–H groups in total. The highest BCUT2D eigenvalue weighted by atomic mass is 19.1. The van der Waals surface area contributed by atoms with Gasteiger partial charge in [0.15, 0.2) is 0 Å². The van der Waals surface area contributed by atoms with Gasteiger partial charge in [-0.1, -0.05) is 45.0 Å². The van der Waals surface area contributed by atoms with Crippen LogP contribution in [0.3, 0.4) is 0 Å². The van der Waals surface area contributed by atoms with Crippen LogP contribution < -0.4 is 10.2 Å². The number of amides is 1. The molecule has 0 atom stereocenters. The fraction of sp³-hybridized carbons (Fsp3) is 0.333. The van der Waals surface area contributed by atoms with Crippen LogP contribution in [0, 0.1) is 5.82 Å². The van der Waals surface area contributed by atoms with E-state index >= 15 is 0 Å². The summed E-state index contributed by atoms with van der Waals surface area (Å²) in [6.45, 7) is 10.7. The minimum atomic E-state index is -0.190. The molecule has 2 heterocycles. The molecule has 1 aliphatic heterocycles. The summed E-state index contributed by atoms with van der Waals surface area (Å²) in [4.78, 5) is 21.7. The molecule has 1 aromatic heterocycles. The highest BCUT2D eigenvalue weighted by molar-refractivity contribution is 6.04. The third-order valence-electron chi connectivity index (χ3n) is 6.01. The van der Waals surface area contributed by atoms with Crippen LogP contribution in [0.4, 0.5) is 15.9 Å². The third-order valence-corrected chi connectivity index (χ3v) is 6.01. The number of nitrogens with zero attached hydrogens (tertiary/aromatic N) is 3. The molecule has 1 aliphatic rings. The molecule has 33 heavy (non-hydrogen) atoms. The average molecular weight is 447 g/mol. The number of benzene rings is 2. The van der Waals surface area contributed by atoms with E-state index in [4.69, 9.17) is 0 Å². The largest absolute Gasteiger partial charge is 0.354 e. The van der Waals surface area contributed by atoms with Crippen LogP contribution in [0.5, 0.6) is 0 Å². The lowest BCUT2D eigenvalue weighted by Crippen LogP contribution is -2.46. The molecule has 0 bridgehead atoms. The first-order chi connectivity index (χ1) is 15.8. The maximum Gasteiger partial charge on any atom is 0.255 e. The smallest absolute Gasteiger partial charge is 0.255 e. The van der Waals surface area contributed by atoms with Crippen LogP contribution in [0.25, 0.3) is 0 Å². The van der Waals surface area contributed by atoms with E-state index in [1.165, 1.54) is 11.6 Å². The van der Waals surface area contributed by atoms with Crippen molar-refractivity contribution in [2.45, 2.75) is 32.7 Å². The first kappa shape index (κ1) is 22.9. The minimum absolute atomic E-state index is 0.0553. The molecule has 0 radical (unpaired) electrons. The van der Waals surface area contributed by atoms with Gasteiger partial charge in [0.2, 0.25) is 0 Å². The standard InChI is InChI=1S/C27H31FN4O/c1-27(2,3)22-9-7-21(8-10-22)26(33)30-24-11-12-25(29-18-24)32-15-13-31(14-16-32)19-20-5-4-6-23(28)17-20/h4-12,17-18H,13-16,19H2,1-3H3,(H,30,33). The highest BCUT2D eigenvalue weighted by Crippen LogP contribution is 2.23. The van der Waals surface area contributed by atoms with Gasteiger partial charge < -0.3 is 10.2 Å². The van der Waals surface area contributed by atoms with Gasteiger partial charge in [0.05, 0.1) is 11.9 Å². The van der Waals surface area contributed by atoms with E-state index in [9.17, 15) is 9.18 Å². The SMILES string of the molecule is CC(C)(C)c1ccc(C(=O)Nc2ccc(N3CCN(Cc4cccc(F)c4)CC3)nc2)cc1. The summed E-state index contributed by atoms with van der Waals surface area (Å²) in [6.07, 6.45) is 1.70. The average Bonchev–Trinajstić information content (AvgIpc) is 2.80. The van der Waals surface area contributed by atoms with Crippen LogP contribution in [0.1, 0.15) is 42.3 Å². The lowest BCUT2D eigenvalue weighted by Gasteiger charge is -2.35. The van der Waals surface area contributed by atoms with Crippen molar-refractivity contribution in [3.63, 3.8) is 0 Å². The Morgan fingerprint density at radius 3 is 2.33 bits per heavy atom. The summed E-state index contributed by atoms with van der Waals surface area (Å²) in [6, 6.07) is 18.4. The van der Waals surface area contributed by atoms with Crippen LogP contribution in [-0.2, 0) is 12.0 Å². The molecule has 172 valence electrons. The number of hydrogen-bond donors (Lipinski definition) is 1. The molecule has 1 saturated heterocycles. The summed E-state index contributed by atoms with van der Waals surface area (Å²) in [5.41, 5.74) is 3.55. The number of piperazine rings is 1. The topological polar surface area (TPSA) is 48.5 Å². The summed E-state index contributed by atoms with van der Waals surface area (Å²) >= 11 is 0. The second-order valence-corrected chi connectivity index (χ2v) is 9.58. The van der Waals surface area contributed by atoms with Crippen molar-refractivity contribution < 1.29 is 9.18 Å². The van der Waals surface area contributed by atoms with Gasteiger partial charge in [0.25, 0.3) is 5.91 Å². The number of rotatable bonds is 5. The van der Waals surface area contributed by atoms with Crippen molar-refractivity contribution in [3.8, 4) is 0 Å². The monoisotopic (exact) mass is 446 g/mol. The van der Waals surface area contributed by atoms with Gasteiger partial charge in [-0.3, -0.25) is 9.69 Å². The van der Waals surface area contributed by atoms with E-state index in [1.54, 1.807) is 18.3 Å². The van der Waals surface area contributed by atoms with E-state index in [-0.39, 0.29) is 17.1 Å². The van der Waals surface area contributed by atoms with Crippen molar-refractivity contribution in [1.29, 1.82) is 0 Å². The Balaban J connectivity index is 1.30. The van der Waals surface area contributed by atoms with Crippen molar-refractivity contribution in [2.24, 2.45) is 0 Å². The molecule has 2 aromatic carbocycles. The van der Waals surface area contributed by atoms with Gasteiger partial charge in [-0.15, -0.1) is 0 Å². The quantitative estimate of drug-likeness (QED) is 0.593. The van der Waals surface area contributed by atoms with E-state index in [0.29, 0.717) is 11.3 Å². The summed E-state index contributed by atoms with van der Waals surface area (Å²) in [5.74, 6) is 0.563. The molecule has 0 aliphatic carbocycles. The fourth-order valence-electron chi connectivity index (χ4n) is 4.00. The maximum absolute atomic E-state index is 13.4. The number of carbonyl (C=O) groups is 1. The zero-order valence-electron chi connectivity index (χ0n) is 19.5. The predicted molar refractivity (Wildman–Crippen MR) is 131 cm³/mol. The number of carbonyl (C=O) groups excluding carboxylic acids is 1. The van der Waals surface area contributed by atoms with Crippen molar-refractivity contribution in [2.75, 3.05) is 36.4 Å². The van der Waals surface area contributed by atoms with Crippen molar-refractivity contribution in [3.05, 3.63) is 89.4 Å². The van der Waals surface area contributed by atoms with Crippen LogP contribution in [-0.4, -0.2) is 42.0 Å². The Hall–Kier alpha value is -3.25. The molecule has 1 amide bonds. The zero-order valence-corrected chi connectivity index (χ0v) is 19.5. The second-order valence-electron chi connectivity index (χ2n) is 9.58. The van der Waals surface area contributed by atoms with Crippen LogP contribution in [0.2, 0.25) is 0 Å². The van der Waals surface area contributed by atoms with Gasteiger partial charge >= 0.3 is 0 Å². The first-order valence-corrected chi connectivity index (χ1v) is 11.4. The lowest BCUT2D eigenvalue weighted by atomic mass is 9.87. The van der Waals surface area contributed by atoms with E-state index in [2.05, 4.69) is 40.9 Å². The fourth-order valence-corrected chi connectivity index (χ4v) is 4.00. The van der Waals surface area contributed by atoms with Gasteiger partial charge in [-0.2, -0.15) is 0 Å². The summed E-state index contributed by atoms with van der Waals surface area (Å²) in [5, 5.41) is 2.93. The molecule has 1 fully saturated rings. The van der Waals surface area contributed by atoms with Crippen molar-refractivity contribution >= 4 is 17.4 Å². The highest BCUT2D eigenvalue weighted by Gasteiger charge is 2.19. The van der Waals surface area contributed by atoms with Gasteiger partial charge in [-0.05, 0) is 52.9 Å². The Labute approximate surface area is 195 Å². The lowest BCUT2D eigenvalue weighted by molar-refractivity contribution is 0.102. The number of pyridine rings is 1. The number of halogens is 1. The van der Waals surface area contributed by atoms with Crippen molar-refractivity contribution in [1.82, 2.24) is 9.88 Å². The normalized spacial score (nSPS) is 14.8. The number of nitrogens with one attached hydrogen (secondary N) is 1. The molecular formula is C27H31FN4O. The molecule has 0 unspecified atom stereocenters. The molecule has 4 rings (SSSR count). The number of anilines is 2. The van der Waals surface area contributed by atoms with E-state index in [1.807, 2.05) is 42.5 Å². The predicted octanol–water partition coefficient (Wildman–Crippen LogP) is 5.09. The molecule has 3 aromatic rings. The molecule has 0 spiro atoms. The first-order valence-electron chi connectivity index (χ1n) is 11.4. The second kappa shape index (κ2) is 9.71. The molecule has 6 heteroatoms. The van der Waals surface area contributed by atoms with Crippen LogP contribution >= 0.6 is 0 Å². The summed E-state index contributed by atoms with van der Waals surface area (Å²) in [7, 11) is 0. The van der Waals surface area contributed by atoms with E-state index < -0.39 is 0 Å². The zero-order chi connectivity index (χ0) is 23.4. The Morgan fingerprint density at radius 1 is 1.00 bits per heavy atom. The minimum Gasteiger partial charge on any atom is -0.354 e. The third kappa shape index (κ3) is 5.96. The van der Waals surface area contributed by atoms with Gasteiger partial charge in [-0.25, -0.2) is 9.37 Å². The Morgan fingerprint density at radius 2 is 1.73 bits per heavy atom. The Bertz CT molecular complexity index is 1080. The van der Waals surface area contributed by atoms with Crippen LogP contribution in [0.15, 0.2) is 66.9 Å². The summed E-state index contributed by atoms with van der Waals surface area (Å²) < 4.78 is 13.4. The van der Waals surface area contributed by atoms with Gasteiger partial charge in [0, 0.05) is 38.3 Å². The number of hydrogen-bond acceptors (Lipinski definition) is 4. The number of aromatic nitrogens is 1. The molecular weight excluding hydrogens is 415 g/mol. The Kier molecular flexibility index (Phi) is 6.75. The molecule has 0 saturated carbocycles. The van der Waals surface area contributed by atoms with E-state index in [0.717, 1.165) is 44.1 Å².